The summed E-state index contributed by atoms with van der Waals surface area (Å²) in [6, 6.07) is 16.7. The number of nitrogens with one attached hydrogen (secondary N) is 3. The maximum absolute atomic E-state index is 13.8. The molecule has 0 aliphatic rings. The van der Waals surface area contributed by atoms with Crippen LogP contribution in [0.15, 0.2) is 78.9 Å². The van der Waals surface area contributed by atoms with Crippen LogP contribution >= 0.6 is 0 Å². The van der Waals surface area contributed by atoms with Gasteiger partial charge in [-0.05, 0) is 73.2 Å². The summed E-state index contributed by atoms with van der Waals surface area (Å²) >= 11 is 0. The van der Waals surface area contributed by atoms with Gasteiger partial charge in [0.15, 0.2) is 0 Å². The van der Waals surface area contributed by atoms with Gasteiger partial charge >= 0.3 is 5.97 Å². The van der Waals surface area contributed by atoms with Crippen LogP contribution in [-0.2, 0) is 38.4 Å². The van der Waals surface area contributed by atoms with Crippen LogP contribution in [0.1, 0.15) is 36.0 Å². The molecule has 45 heavy (non-hydrogen) atoms. The Morgan fingerprint density at radius 3 is 1.51 bits per heavy atom. The normalized spacial score (nSPS) is 13.6. The number of aromatic hydroxyl groups is 2. The Hall–Kier alpha value is -4.94. The van der Waals surface area contributed by atoms with Crippen molar-refractivity contribution >= 4 is 23.7 Å². The Kier molecular flexibility index (Phi) is 13.3. The Balaban J connectivity index is 1.84. The molecule has 0 heterocycles. The van der Waals surface area contributed by atoms with E-state index in [1.165, 1.54) is 24.3 Å². The molecule has 0 aromatic heterocycles. The van der Waals surface area contributed by atoms with Gasteiger partial charge in [0.05, 0.1) is 6.04 Å². The first-order valence-electron chi connectivity index (χ1n) is 14.7. The second-order valence-electron chi connectivity index (χ2n) is 10.8. The van der Waals surface area contributed by atoms with Crippen LogP contribution in [0.2, 0.25) is 0 Å². The van der Waals surface area contributed by atoms with Crippen molar-refractivity contribution in [2.75, 3.05) is 6.54 Å². The zero-order valence-corrected chi connectivity index (χ0v) is 24.9. The largest absolute Gasteiger partial charge is 0.508 e. The van der Waals surface area contributed by atoms with E-state index in [-0.39, 0.29) is 37.2 Å². The van der Waals surface area contributed by atoms with E-state index in [2.05, 4.69) is 16.0 Å². The second-order valence-corrected chi connectivity index (χ2v) is 10.8. The minimum atomic E-state index is -1.23. The summed E-state index contributed by atoms with van der Waals surface area (Å²) in [4.78, 5) is 52.3. The Morgan fingerprint density at radius 2 is 1.04 bits per heavy atom. The van der Waals surface area contributed by atoms with E-state index >= 15 is 0 Å². The molecule has 0 fully saturated rings. The number of rotatable bonds is 17. The fourth-order valence-electron chi connectivity index (χ4n) is 4.69. The molecule has 4 atom stereocenters. The maximum atomic E-state index is 13.8. The molecule has 3 rings (SSSR count). The predicted molar refractivity (Wildman–Crippen MR) is 168 cm³/mol. The number of hydrogen-bond donors (Lipinski definition) is 8. The van der Waals surface area contributed by atoms with Crippen LogP contribution in [0.25, 0.3) is 0 Å². The molecule has 240 valence electrons. The van der Waals surface area contributed by atoms with Gasteiger partial charge in [0.25, 0.3) is 0 Å². The van der Waals surface area contributed by atoms with Gasteiger partial charge in [-0.2, -0.15) is 0 Å². The second kappa shape index (κ2) is 17.4. The third-order valence-electron chi connectivity index (χ3n) is 7.22. The number of benzene rings is 3. The molecule has 0 saturated carbocycles. The molecule has 12 heteroatoms. The monoisotopic (exact) mass is 619 g/mol. The lowest BCUT2D eigenvalue weighted by Gasteiger charge is -2.25. The van der Waals surface area contributed by atoms with Gasteiger partial charge in [0.2, 0.25) is 17.7 Å². The third-order valence-corrected chi connectivity index (χ3v) is 7.22. The van der Waals surface area contributed by atoms with Crippen LogP contribution in [0.5, 0.6) is 11.5 Å². The van der Waals surface area contributed by atoms with Crippen molar-refractivity contribution in [1.29, 1.82) is 0 Å². The summed E-state index contributed by atoms with van der Waals surface area (Å²) in [5.41, 5.74) is 13.8. The minimum Gasteiger partial charge on any atom is -0.508 e. The number of carboxylic acids is 1. The highest BCUT2D eigenvalue weighted by Gasteiger charge is 2.31. The smallest absolute Gasteiger partial charge is 0.326 e. The van der Waals surface area contributed by atoms with Crippen molar-refractivity contribution in [3.8, 4) is 11.5 Å². The van der Waals surface area contributed by atoms with E-state index in [0.717, 1.165) is 5.56 Å². The average molecular weight is 620 g/mol. The van der Waals surface area contributed by atoms with Crippen LogP contribution in [-0.4, -0.2) is 69.7 Å². The average Bonchev–Trinajstić information content (AvgIpc) is 3.02. The highest BCUT2D eigenvalue weighted by atomic mass is 16.4. The first-order valence-corrected chi connectivity index (χ1v) is 14.7. The van der Waals surface area contributed by atoms with Crippen LogP contribution in [0, 0.1) is 0 Å². The number of carbonyl (C=O) groups is 4. The number of amides is 3. The fraction of sp³-hybridized carbons (Fsp3) is 0.333. The summed E-state index contributed by atoms with van der Waals surface area (Å²) in [5.74, 6) is -3.19. The summed E-state index contributed by atoms with van der Waals surface area (Å²) in [6.07, 6.45) is 1.43. The molecule has 3 aromatic carbocycles. The lowest BCUT2D eigenvalue weighted by molar-refractivity contribution is -0.142. The number of phenols is 2. The highest BCUT2D eigenvalue weighted by Crippen LogP contribution is 2.14. The van der Waals surface area contributed by atoms with Gasteiger partial charge < -0.3 is 42.7 Å². The maximum Gasteiger partial charge on any atom is 0.326 e. The van der Waals surface area contributed by atoms with Gasteiger partial charge in [0, 0.05) is 12.8 Å². The molecule has 3 amide bonds. The summed E-state index contributed by atoms with van der Waals surface area (Å²) in [5, 5.41) is 37.0. The zero-order valence-electron chi connectivity index (χ0n) is 24.9. The Labute approximate surface area is 261 Å². The molecule has 0 aliphatic heterocycles. The van der Waals surface area contributed by atoms with E-state index in [1.54, 1.807) is 24.3 Å². The van der Waals surface area contributed by atoms with Crippen molar-refractivity contribution < 1.29 is 34.5 Å². The minimum absolute atomic E-state index is 0.0122. The molecule has 0 aliphatic carbocycles. The van der Waals surface area contributed by atoms with Crippen molar-refractivity contribution in [3.63, 3.8) is 0 Å². The van der Waals surface area contributed by atoms with Gasteiger partial charge in [-0.25, -0.2) is 4.79 Å². The molecule has 0 spiro atoms. The van der Waals surface area contributed by atoms with Crippen LogP contribution < -0.4 is 27.4 Å². The quantitative estimate of drug-likeness (QED) is 0.101. The lowest BCUT2D eigenvalue weighted by Crippen LogP contribution is -2.58. The van der Waals surface area contributed by atoms with Crippen molar-refractivity contribution in [3.05, 3.63) is 95.6 Å². The molecule has 0 saturated heterocycles. The number of aliphatic carboxylic acids is 1. The third kappa shape index (κ3) is 11.6. The van der Waals surface area contributed by atoms with E-state index in [1.807, 2.05) is 30.3 Å². The number of carboxylic acid groups (broad SMARTS) is 1. The highest BCUT2D eigenvalue weighted by molar-refractivity contribution is 5.94. The van der Waals surface area contributed by atoms with E-state index < -0.39 is 47.9 Å². The number of phenolic OH excluding ortho intramolecular Hbond substituents is 2. The molecule has 10 N–H and O–H groups in total. The molecular formula is C33H41N5O7. The molecule has 3 aromatic rings. The lowest BCUT2D eigenvalue weighted by atomic mass is 10.0. The number of unbranched alkanes of at least 4 members (excludes halogenated alkanes) is 1. The SMILES string of the molecule is NCCCCC(NC(=O)C(Cc1ccc(O)cc1)NC(=O)C(Cc1ccc(O)cc1)NC(=O)C(N)Cc1ccccc1)C(=O)O. The van der Waals surface area contributed by atoms with E-state index in [0.29, 0.717) is 30.5 Å². The van der Waals surface area contributed by atoms with Gasteiger partial charge in [-0.15, -0.1) is 0 Å². The predicted octanol–water partition coefficient (Wildman–Crippen LogP) is 1.12. The van der Waals surface area contributed by atoms with Gasteiger partial charge in [-0.3, -0.25) is 14.4 Å². The summed E-state index contributed by atoms with van der Waals surface area (Å²) < 4.78 is 0. The van der Waals surface area contributed by atoms with Crippen molar-refractivity contribution in [2.45, 2.75) is 62.7 Å². The van der Waals surface area contributed by atoms with Gasteiger partial charge in [-0.1, -0.05) is 54.6 Å². The van der Waals surface area contributed by atoms with Crippen LogP contribution in [0.4, 0.5) is 0 Å². The van der Waals surface area contributed by atoms with Crippen molar-refractivity contribution in [1.82, 2.24) is 16.0 Å². The van der Waals surface area contributed by atoms with Gasteiger partial charge in [0.1, 0.15) is 29.6 Å². The fourth-order valence-corrected chi connectivity index (χ4v) is 4.69. The molecule has 4 unspecified atom stereocenters. The molecular weight excluding hydrogens is 578 g/mol. The molecule has 0 bridgehead atoms. The molecule has 0 radical (unpaired) electrons. The Bertz CT molecular complexity index is 1400. The Morgan fingerprint density at radius 1 is 0.600 bits per heavy atom. The van der Waals surface area contributed by atoms with E-state index in [9.17, 15) is 34.5 Å². The number of carbonyl (C=O) groups excluding carboxylic acids is 3. The van der Waals surface area contributed by atoms with Crippen molar-refractivity contribution in [2.24, 2.45) is 11.5 Å². The number of hydrogen-bond acceptors (Lipinski definition) is 8. The number of nitrogens with two attached hydrogens (primary N) is 2. The van der Waals surface area contributed by atoms with Crippen LogP contribution in [0.3, 0.4) is 0 Å². The first-order chi connectivity index (χ1) is 21.5. The topological polar surface area (TPSA) is 217 Å². The first kappa shape index (κ1) is 34.5. The standard InChI is InChI=1S/C33H41N5O7/c34-17-5-4-8-27(33(44)45)36-31(42)29(20-23-11-15-25(40)16-12-23)38-32(43)28(19-22-9-13-24(39)14-10-22)37-30(41)26(35)18-21-6-2-1-3-7-21/h1-3,6-7,9-16,26-29,39-40H,4-5,8,17-20,34-35H2,(H,36,42)(H,37,41)(H,38,43)(H,44,45). The zero-order chi connectivity index (χ0) is 32.8. The van der Waals surface area contributed by atoms with E-state index in [4.69, 9.17) is 11.5 Å². The summed E-state index contributed by atoms with van der Waals surface area (Å²) in [6.45, 7) is 0.378. The summed E-state index contributed by atoms with van der Waals surface area (Å²) in [7, 11) is 0. The molecule has 12 nitrogen and oxygen atoms in total.